The van der Waals surface area contributed by atoms with E-state index in [1.54, 1.807) is 12.1 Å². The Balaban J connectivity index is 1.95. The van der Waals surface area contributed by atoms with E-state index in [0.717, 1.165) is 18.4 Å². The van der Waals surface area contributed by atoms with Crippen molar-refractivity contribution >= 4 is 5.91 Å². The van der Waals surface area contributed by atoms with Crippen molar-refractivity contribution in [2.45, 2.75) is 51.4 Å². The molecule has 4 heteroatoms. The molecule has 108 valence electrons. The summed E-state index contributed by atoms with van der Waals surface area (Å²) in [6.45, 7) is 6.33. The maximum atomic E-state index is 13.1. The van der Waals surface area contributed by atoms with Crippen LogP contribution in [0.15, 0.2) is 24.3 Å². The Kier molecular flexibility index (Phi) is 3.09. The Morgan fingerprint density at radius 1 is 1.25 bits per heavy atom. The van der Waals surface area contributed by atoms with Crippen molar-refractivity contribution in [3.63, 3.8) is 0 Å². The second kappa shape index (κ2) is 4.55. The number of halogens is 1. The van der Waals surface area contributed by atoms with Crippen LogP contribution >= 0.6 is 0 Å². The highest BCUT2D eigenvalue weighted by molar-refractivity contribution is 5.92. The third-order valence-electron chi connectivity index (χ3n) is 4.67. The van der Waals surface area contributed by atoms with Gasteiger partial charge in [0, 0.05) is 6.04 Å². The maximum Gasteiger partial charge on any atom is 0.244 e. The molecule has 0 radical (unpaired) electrons. The first-order valence-corrected chi connectivity index (χ1v) is 7.30. The molecule has 1 spiro atoms. The van der Waals surface area contributed by atoms with Gasteiger partial charge >= 0.3 is 0 Å². The van der Waals surface area contributed by atoms with Gasteiger partial charge in [0.1, 0.15) is 17.5 Å². The zero-order valence-corrected chi connectivity index (χ0v) is 12.2. The molecule has 1 aliphatic heterocycles. The summed E-state index contributed by atoms with van der Waals surface area (Å²) in [5, 5.41) is 3.47. The van der Waals surface area contributed by atoms with Gasteiger partial charge in [0.05, 0.1) is 0 Å². The van der Waals surface area contributed by atoms with E-state index in [1.165, 1.54) is 12.1 Å². The highest BCUT2D eigenvalue weighted by Gasteiger charge is 2.60. The minimum absolute atomic E-state index is 0.136. The highest BCUT2D eigenvalue weighted by Crippen LogP contribution is 2.47. The smallest absolute Gasteiger partial charge is 0.244 e. The molecule has 1 N–H and O–H groups in total. The largest absolute Gasteiger partial charge is 0.318 e. The Morgan fingerprint density at radius 2 is 1.85 bits per heavy atom. The van der Waals surface area contributed by atoms with Crippen LogP contribution in [-0.4, -0.2) is 22.4 Å². The molecule has 0 aromatic heterocycles. The summed E-state index contributed by atoms with van der Waals surface area (Å²) in [5.41, 5.74) is 0.610. The summed E-state index contributed by atoms with van der Waals surface area (Å²) in [7, 11) is 0. The van der Waals surface area contributed by atoms with Gasteiger partial charge in [0.25, 0.3) is 0 Å². The molecule has 1 aromatic carbocycles. The van der Waals surface area contributed by atoms with Crippen molar-refractivity contribution in [1.82, 2.24) is 10.2 Å². The van der Waals surface area contributed by atoms with Crippen molar-refractivity contribution in [1.29, 1.82) is 0 Å². The van der Waals surface area contributed by atoms with Crippen molar-refractivity contribution in [2.75, 3.05) is 0 Å². The number of nitrogens with zero attached hydrogens (tertiary/aromatic N) is 1. The van der Waals surface area contributed by atoms with E-state index in [-0.39, 0.29) is 29.5 Å². The second-order valence-corrected chi connectivity index (χ2v) is 6.38. The molecule has 1 aromatic rings. The van der Waals surface area contributed by atoms with Gasteiger partial charge in [-0.2, -0.15) is 0 Å². The van der Waals surface area contributed by atoms with Gasteiger partial charge in [0.2, 0.25) is 5.91 Å². The van der Waals surface area contributed by atoms with Crippen LogP contribution in [0.25, 0.3) is 0 Å². The zero-order valence-electron chi connectivity index (χ0n) is 12.2. The minimum Gasteiger partial charge on any atom is -0.318 e. The van der Waals surface area contributed by atoms with Crippen molar-refractivity contribution in [3.05, 3.63) is 35.6 Å². The van der Waals surface area contributed by atoms with Crippen molar-refractivity contribution in [2.24, 2.45) is 5.92 Å². The Bertz CT molecular complexity index is 522. The molecule has 1 aliphatic carbocycles. The maximum absolute atomic E-state index is 13.1. The number of carbonyl (C=O) groups is 1. The normalized spacial score (nSPS) is 25.6. The number of hydrogen-bond donors (Lipinski definition) is 1. The highest BCUT2D eigenvalue weighted by atomic mass is 19.1. The van der Waals surface area contributed by atoms with E-state index in [2.05, 4.69) is 26.1 Å². The lowest BCUT2D eigenvalue weighted by Gasteiger charge is -2.33. The van der Waals surface area contributed by atoms with Gasteiger partial charge in [-0.05, 0) is 43.4 Å². The van der Waals surface area contributed by atoms with E-state index < -0.39 is 0 Å². The zero-order chi connectivity index (χ0) is 14.5. The third-order valence-corrected chi connectivity index (χ3v) is 4.67. The summed E-state index contributed by atoms with van der Waals surface area (Å²) >= 11 is 0. The first-order chi connectivity index (χ1) is 9.44. The lowest BCUT2D eigenvalue weighted by atomic mass is 10.0. The van der Waals surface area contributed by atoms with E-state index in [1.807, 2.05) is 4.90 Å². The number of rotatable bonds is 3. The summed E-state index contributed by atoms with van der Waals surface area (Å²) < 4.78 is 13.1. The number of benzene rings is 1. The molecule has 1 amide bonds. The van der Waals surface area contributed by atoms with Gasteiger partial charge in [0.15, 0.2) is 0 Å². The van der Waals surface area contributed by atoms with Crippen molar-refractivity contribution < 1.29 is 9.18 Å². The molecule has 0 bridgehead atoms. The summed E-state index contributed by atoms with van der Waals surface area (Å²) in [5.74, 6) is 0.341. The Morgan fingerprint density at radius 3 is 2.35 bits per heavy atom. The molecule has 1 heterocycles. The second-order valence-electron chi connectivity index (χ2n) is 6.38. The monoisotopic (exact) mass is 276 g/mol. The topological polar surface area (TPSA) is 32.3 Å². The molecule has 1 saturated heterocycles. The molecule has 2 unspecified atom stereocenters. The molecular formula is C16H21FN2O. The fourth-order valence-electron chi connectivity index (χ4n) is 2.87. The van der Waals surface area contributed by atoms with Crippen LogP contribution in [0.4, 0.5) is 4.39 Å². The Hall–Kier alpha value is -1.42. The van der Waals surface area contributed by atoms with Gasteiger partial charge in [-0.1, -0.05) is 26.0 Å². The fraction of sp³-hybridized carbons (Fsp3) is 0.562. The molecule has 1 saturated carbocycles. The Labute approximate surface area is 119 Å². The van der Waals surface area contributed by atoms with Crippen LogP contribution in [0.1, 0.15) is 45.3 Å². The number of hydrogen-bond acceptors (Lipinski definition) is 2. The number of nitrogens with one attached hydrogen (secondary N) is 1. The van der Waals surface area contributed by atoms with E-state index in [4.69, 9.17) is 0 Å². The fourth-order valence-corrected chi connectivity index (χ4v) is 2.87. The predicted octanol–water partition coefficient (Wildman–Crippen LogP) is 2.83. The summed E-state index contributed by atoms with van der Waals surface area (Å²) in [6.07, 6.45) is 1.68. The minimum atomic E-state index is -0.345. The molecule has 20 heavy (non-hydrogen) atoms. The quantitative estimate of drug-likeness (QED) is 0.920. The SMILES string of the molecule is CC(C)C(C)N1C(=O)C2(CC2)NC1c1ccc(F)cc1. The van der Waals surface area contributed by atoms with Crippen LogP contribution in [-0.2, 0) is 4.79 Å². The van der Waals surface area contributed by atoms with Crippen LogP contribution in [0.5, 0.6) is 0 Å². The summed E-state index contributed by atoms with van der Waals surface area (Å²) in [4.78, 5) is 14.6. The first kappa shape index (κ1) is 13.6. The average molecular weight is 276 g/mol. The predicted molar refractivity (Wildman–Crippen MR) is 75.4 cm³/mol. The lowest BCUT2D eigenvalue weighted by Crippen LogP contribution is -2.41. The summed E-state index contributed by atoms with van der Waals surface area (Å²) in [6, 6.07) is 6.60. The van der Waals surface area contributed by atoms with Gasteiger partial charge in [-0.15, -0.1) is 0 Å². The molecule has 2 fully saturated rings. The van der Waals surface area contributed by atoms with Crippen LogP contribution in [0.3, 0.4) is 0 Å². The standard InChI is InChI=1S/C16H21FN2O/c1-10(2)11(3)19-14(12-4-6-13(17)7-5-12)18-16(8-9-16)15(19)20/h4-7,10-11,14,18H,8-9H2,1-3H3. The molecule has 3 nitrogen and oxygen atoms in total. The lowest BCUT2D eigenvalue weighted by molar-refractivity contribution is -0.133. The van der Waals surface area contributed by atoms with E-state index >= 15 is 0 Å². The number of amides is 1. The van der Waals surface area contributed by atoms with E-state index in [0.29, 0.717) is 5.92 Å². The van der Waals surface area contributed by atoms with Crippen molar-refractivity contribution in [3.8, 4) is 0 Å². The first-order valence-electron chi connectivity index (χ1n) is 7.30. The van der Waals surface area contributed by atoms with Gasteiger partial charge in [-0.3, -0.25) is 10.1 Å². The molecule has 3 rings (SSSR count). The van der Waals surface area contributed by atoms with E-state index in [9.17, 15) is 9.18 Å². The van der Waals surface area contributed by atoms with Crippen LogP contribution in [0, 0.1) is 11.7 Å². The average Bonchev–Trinajstić information content (AvgIpc) is 3.13. The van der Waals surface area contributed by atoms with Gasteiger partial charge in [-0.25, -0.2) is 4.39 Å². The molecular weight excluding hydrogens is 255 g/mol. The third kappa shape index (κ3) is 2.03. The van der Waals surface area contributed by atoms with Crippen LogP contribution in [0.2, 0.25) is 0 Å². The van der Waals surface area contributed by atoms with Gasteiger partial charge < -0.3 is 4.90 Å². The molecule has 2 atom stereocenters. The number of carbonyl (C=O) groups excluding carboxylic acids is 1. The molecule has 2 aliphatic rings. The van der Waals surface area contributed by atoms with Crippen LogP contribution < -0.4 is 5.32 Å².